The number of hydrogen-bond acceptors (Lipinski definition) is 6. The van der Waals surface area contributed by atoms with E-state index < -0.39 is 0 Å². The van der Waals surface area contributed by atoms with Gasteiger partial charge in [0.15, 0.2) is 23.0 Å². The molecule has 4 rings (SSSR count). The van der Waals surface area contributed by atoms with Gasteiger partial charge in [-0.3, -0.25) is 9.48 Å². The second-order valence-electron chi connectivity index (χ2n) is 6.97. The van der Waals surface area contributed by atoms with Crippen molar-refractivity contribution < 1.29 is 18.8 Å². The van der Waals surface area contributed by atoms with Crippen molar-refractivity contribution in [1.82, 2.24) is 14.9 Å². The van der Waals surface area contributed by atoms with Gasteiger partial charge in [0.1, 0.15) is 0 Å². The predicted molar refractivity (Wildman–Crippen MR) is 120 cm³/mol. The minimum absolute atomic E-state index is 0.199. The van der Waals surface area contributed by atoms with Crippen LogP contribution in [0.1, 0.15) is 29.9 Å². The Hall–Kier alpha value is -4.07. The molecule has 0 spiro atoms. The average Bonchev–Trinajstić information content (AvgIpc) is 3.46. The van der Waals surface area contributed by atoms with Crippen LogP contribution in [0.4, 0.5) is 5.69 Å². The number of carbonyl (C=O) groups is 1. The number of anilines is 1. The molecule has 8 nitrogen and oxygen atoms in total. The molecule has 0 aliphatic heterocycles. The third-order valence-electron chi connectivity index (χ3n) is 4.64. The van der Waals surface area contributed by atoms with E-state index in [9.17, 15) is 4.79 Å². The smallest absolute Gasteiger partial charge is 0.277 e. The largest absolute Gasteiger partial charge is 0.490 e. The van der Waals surface area contributed by atoms with Crippen LogP contribution in [0.2, 0.25) is 0 Å². The maximum Gasteiger partial charge on any atom is 0.277 e. The first-order valence-electron chi connectivity index (χ1n) is 10.4. The molecule has 0 fully saturated rings. The number of hydrogen-bond donors (Lipinski definition) is 1. The standard InChI is InChI=1S/C24H24N4O4/c1-3-30-21-11-10-17(12-23(21)31-4-2)15-28-16-19(14-25-28)26-24(29)20-13-22(32-27-20)18-8-6-5-7-9-18/h5-14,16H,3-4,15H2,1-2H3,(H,26,29). The lowest BCUT2D eigenvalue weighted by Gasteiger charge is -2.12. The lowest BCUT2D eigenvalue weighted by atomic mass is 10.1. The maximum atomic E-state index is 12.5. The number of ether oxygens (including phenoxy) is 2. The van der Waals surface area contributed by atoms with Gasteiger partial charge in [0, 0.05) is 17.8 Å². The molecule has 32 heavy (non-hydrogen) atoms. The van der Waals surface area contributed by atoms with E-state index >= 15 is 0 Å². The molecule has 0 unspecified atom stereocenters. The van der Waals surface area contributed by atoms with Gasteiger partial charge in [-0.2, -0.15) is 5.10 Å². The van der Waals surface area contributed by atoms with Gasteiger partial charge in [-0.1, -0.05) is 41.6 Å². The molecule has 0 radical (unpaired) electrons. The topological polar surface area (TPSA) is 91.4 Å². The van der Waals surface area contributed by atoms with E-state index in [4.69, 9.17) is 14.0 Å². The Morgan fingerprint density at radius 1 is 1.03 bits per heavy atom. The average molecular weight is 432 g/mol. The van der Waals surface area contributed by atoms with Gasteiger partial charge in [-0.05, 0) is 31.5 Å². The molecule has 0 saturated carbocycles. The van der Waals surface area contributed by atoms with E-state index in [2.05, 4.69) is 15.6 Å². The summed E-state index contributed by atoms with van der Waals surface area (Å²) in [6.07, 6.45) is 3.35. The number of carbonyl (C=O) groups excluding carboxylic acids is 1. The molecule has 4 aromatic rings. The molecule has 2 heterocycles. The minimum atomic E-state index is -0.366. The molecule has 0 bridgehead atoms. The van der Waals surface area contributed by atoms with Crippen LogP contribution in [-0.4, -0.2) is 34.1 Å². The Morgan fingerprint density at radius 2 is 1.81 bits per heavy atom. The van der Waals surface area contributed by atoms with E-state index in [1.807, 2.05) is 62.4 Å². The van der Waals surface area contributed by atoms with Crippen molar-refractivity contribution in [2.45, 2.75) is 20.4 Å². The molecule has 0 aliphatic carbocycles. The normalized spacial score (nSPS) is 10.7. The lowest BCUT2D eigenvalue weighted by molar-refractivity contribution is 0.101. The van der Waals surface area contributed by atoms with Crippen molar-refractivity contribution in [3.8, 4) is 22.8 Å². The summed E-state index contributed by atoms with van der Waals surface area (Å²) in [7, 11) is 0. The number of rotatable bonds is 9. The fraction of sp³-hybridized carbons (Fsp3) is 0.208. The van der Waals surface area contributed by atoms with Gasteiger partial charge in [-0.15, -0.1) is 0 Å². The van der Waals surface area contributed by atoms with Crippen LogP contribution in [0.3, 0.4) is 0 Å². The summed E-state index contributed by atoms with van der Waals surface area (Å²) >= 11 is 0. The highest BCUT2D eigenvalue weighted by atomic mass is 16.5. The summed E-state index contributed by atoms with van der Waals surface area (Å²) in [5.74, 6) is 1.59. The summed E-state index contributed by atoms with van der Waals surface area (Å²) in [5.41, 5.74) is 2.62. The van der Waals surface area contributed by atoms with Crippen LogP contribution >= 0.6 is 0 Å². The Labute approximate surface area is 185 Å². The van der Waals surface area contributed by atoms with E-state index in [0.717, 1.165) is 11.1 Å². The Balaban J connectivity index is 1.41. The van der Waals surface area contributed by atoms with Gasteiger partial charge >= 0.3 is 0 Å². The molecule has 164 valence electrons. The van der Waals surface area contributed by atoms with Gasteiger partial charge in [-0.25, -0.2) is 0 Å². The van der Waals surface area contributed by atoms with E-state index in [0.29, 0.717) is 42.7 Å². The molecule has 0 aliphatic rings. The zero-order valence-electron chi connectivity index (χ0n) is 17.9. The van der Waals surface area contributed by atoms with Crippen molar-refractivity contribution in [3.05, 3.63) is 78.2 Å². The van der Waals surface area contributed by atoms with Gasteiger partial charge in [0.2, 0.25) is 0 Å². The Morgan fingerprint density at radius 3 is 2.59 bits per heavy atom. The number of nitrogens with one attached hydrogen (secondary N) is 1. The van der Waals surface area contributed by atoms with Crippen molar-refractivity contribution in [2.24, 2.45) is 0 Å². The summed E-state index contributed by atoms with van der Waals surface area (Å²) < 4.78 is 18.3. The first kappa shape index (κ1) is 21.2. The molecule has 0 atom stereocenters. The third-order valence-corrected chi connectivity index (χ3v) is 4.64. The Bertz CT molecular complexity index is 1180. The minimum Gasteiger partial charge on any atom is -0.490 e. The molecular weight excluding hydrogens is 408 g/mol. The zero-order valence-corrected chi connectivity index (χ0v) is 17.9. The summed E-state index contributed by atoms with van der Waals surface area (Å²) in [6.45, 7) is 5.51. The van der Waals surface area contributed by atoms with E-state index in [-0.39, 0.29) is 11.6 Å². The van der Waals surface area contributed by atoms with Gasteiger partial charge < -0.3 is 19.3 Å². The van der Waals surface area contributed by atoms with Crippen LogP contribution in [-0.2, 0) is 6.54 Å². The van der Waals surface area contributed by atoms with Gasteiger partial charge in [0.25, 0.3) is 5.91 Å². The number of amides is 1. The highest BCUT2D eigenvalue weighted by Gasteiger charge is 2.15. The number of nitrogens with zero attached hydrogens (tertiary/aromatic N) is 3. The van der Waals surface area contributed by atoms with Crippen LogP contribution in [0.15, 0.2) is 71.5 Å². The quantitative estimate of drug-likeness (QED) is 0.414. The van der Waals surface area contributed by atoms with Crippen LogP contribution in [0, 0.1) is 0 Å². The summed E-state index contributed by atoms with van der Waals surface area (Å²) in [6, 6.07) is 16.9. The molecule has 2 aromatic carbocycles. The second-order valence-corrected chi connectivity index (χ2v) is 6.97. The van der Waals surface area contributed by atoms with Crippen LogP contribution in [0.25, 0.3) is 11.3 Å². The zero-order chi connectivity index (χ0) is 22.3. The van der Waals surface area contributed by atoms with E-state index in [1.165, 1.54) is 0 Å². The summed E-state index contributed by atoms with van der Waals surface area (Å²) in [5, 5.41) is 11.0. The van der Waals surface area contributed by atoms with E-state index in [1.54, 1.807) is 23.1 Å². The van der Waals surface area contributed by atoms with Crippen LogP contribution < -0.4 is 14.8 Å². The first-order valence-corrected chi connectivity index (χ1v) is 10.4. The monoisotopic (exact) mass is 432 g/mol. The molecule has 1 N–H and O–H groups in total. The predicted octanol–water partition coefficient (Wildman–Crippen LogP) is 4.64. The fourth-order valence-electron chi connectivity index (χ4n) is 3.21. The SMILES string of the molecule is CCOc1ccc(Cn2cc(NC(=O)c3cc(-c4ccccc4)on3)cn2)cc1OCC. The highest BCUT2D eigenvalue weighted by molar-refractivity contribution is 6.03. The van der Waals surface area contributed by atoms with Crippen molar-refractivity contribution in [1.29, 1.82) is 0 Å². The first-order chi connectivity index (χ1) is 15.7. The Kier molecular flexibility index (Phi) is 6.50. The maximum absolute atomic E-state index is 12.5. The van der Waals surface area contributed by atoms with Gasteiger partial charge in [0.05, 0.1) is 31.6 Å². The number of benzene rings is 2. The summed E-state index contributed by atoms with van der Waals surface area (Å²) in [4.78, 5) is 12.5. The molecule has 1 amide bonds. The van der Waals surface area contributed by atoms with Crippen molar-refractivity contribution >= 4 is 11.6 Å². The number of aromatic nitrogens is 3. The lowest BCUT2D eigenvalue weighted by Crippen LogP contribution is -2.11. The van der Waals surface area contributed by atoms with Crippen LogP contribution in [0.5, 0.6) is 11.5 Å². The molecule has 0 saturated heterocycles. The highest BCUT2D eigenvalue weighted by Crippen LogP contribution is 2.29. The molecule has 8 heteroatoms. The third kappa shape index (κ3) is 4.97. The molecular formula is C24H24N4O4. The van der Waals surface area contributed by atoms with Crippen molar-refractivity contribution in [2.75, 3.05) is 18.5 Å². The molecule has 2 aromatic heterocycles. The fourth-order valence-corrected chi connectivity index (χ4v) is 3.21. The second kappa shape index (κ2) is 9.82. The van der Waals surface area contributed by atoms with Crippen molar-refractivity contribution in [3.63, 3.8) is 0 Å².